The zero-order chi connectivity index (χ0) is 18.4. The Morgan fingerprint density at radius 1 is 1.22 bits per heavy atom. The number of amides is 1. The van der Waals surface area contributed by atoms with Gasteiger partial charge < -0.3 is 19.7 Å². The van der Waals surface area contributed by atoms with Crippen LogP contribution in [0, 0.1) is 5.92 Å². The lowest BCUT2D eigenvalue weighted by Gasteiger charge is -2.38. The summed E-state index contributed by atoms with van der Waals surface area (Å²) in [5.74, 6) is 2.19. The van der Waals surface area contributed by atoms with Gasteiger partial charge in [0.05, 0.1) is 7.11 Å². The van der Waals surface area contributed by atoms with Gasteiger partial charge in [-0.2, -0.15) is 0 Å². The fraction of sp³-hybridized carbons (Fsp3) is 0.650. The Labute approximate surface area is 168 Å². The van der Waals surface area contributed by atoms with Crippen molar-refractivity contribution in [1.29, 1.82) is 0 Å². The fourth-order valence-corrected chi connectivity index (χ4v) is 3.79. The second-order valence-corrected chi connectivity index (χ2v) is 7.27. The van der Waals surface area contributed by atoms with Gasteiger partial charge >= 0.3 is 0 Å². The van der Waals surface area contributed by atoms with Crippen LogP contribution < -0.4 is 14.8 Å². The highest BCUT2D eigenvalue weighted by molar-refractivity contribution is 5.85. The number of rotatable bonds is 6. The molecule has 1 N–H and O–H groups in total. The molecule has 2 saturated heterocycles. The number of piperidine rings is 1. The third-order valence-corrected chi connectivity index (χ3v) is 5.37. The Hall–Kier alpha value is -1.50. The number of carbonyl (C=O) groups is 1. The monoisotopic (exact) mass is 397 g/mol. The van der Waals surface area contributed by atoms with Gasteiger partial charge in [0, 0.05) is 50.7 Å². The van der Waals surface area contributed by atoms with Crippen LogP contribution in [-0.4, -0.2) is 74.7 Å². The van der Waals surface area contributed by atoms with Gasteiger partial charge in [-0.25, -0.2) is 0 Å². The van der Waals surface area contributed by atoms with Crippen LogP contribution >= 0.6 is 12.4 Å². The Balaban J connectivity index is 0.00000261. The molecule has 0 saturated carbocycles. The normalized spacial score (nSPS) is 23.4. The molecule has 7 heteroatoms. The van der Waals surface area contributed by atoms with Crippen molar-refractivity contribution in [2.45, 2.75) is 25.8 Å². The van der Waals surface area contributed by atoms with E-state index in [-0.39, 0.29) is 18.3 Å². The zero-order valence-corrected chi connectivity index (χ0v) is 17.2. The topological polar surface area (TPSA) is 54.0 Å². The molecule has 0 radical (unpaired) electrons. The SMILES string of the molecule is COc1cccc(OCCN2CCN(C(=O)[C@H]3CCN[C@@H](C)C3)CC2)c1.Cl. The maximum absolute atomic E-state index is 12.7. The molecule has 6 nitrogen and oxygen atoms in total. The zero-order valence-electron chi connectivity index (χ0n) is 16.4. The molecule has 0 unspecified atom stereocenters. The molecule has 2 atom stereocenters. The predicted molar refractivity (Wildman–Crippen MR) is 109 cm³/mol. The number of piperazine rings is 1. The third-order valence-electron chi connectivity index (χ3n) is 5.37. The summed E-state index contributed by atoms with van der Waals surface area (Å²) in [5, 5.41) is 3.42. The van der Waals surface area contributed by atoms with Crippen LogP contribution in [0.3, 0.4) is 0 Å². The Morgan fingerprint density at radius 3 is 2.67 bits per heavy atom. The summed E-state index contributed by atoms with van der Waals surface area (Å²) in [5.41, 5.74) is 0. The Kier molecular flexibility index (Phi) is 8.67. The quantitative estimate of drug-likeness (QED) is 0.796. The highest BCUT2D eigenvalue weighted by Crippen LogP contribution is 2.20. The van der Waals surface area contributed by atoms with Crippen LogP contribution in [0.2, 0.25) is 0 Å². The molecule has 27 heavy (non-hydrogen) atoms. The van der Waals surface area contributed by atoms with E-state index >= 15 is 0 Å². The van der Waals surface area contributed by atoms with Gasteiger partial charge in [-0.1, -0.05) is 6.07 Å². The molecule has 0 aromatic heterocycles. The van der Waals surface area contributed by atoms with E-state index in [0.29, 0.717) is 18.6 Å². The van der Waals surface area contributed by atoms with E-state index < -0.39 is 0 Å². The van der Waals surface area contributed by atoms with Gasteiger partial charge in [-0.05, 0) is 38.4 Å². The number of benzene rings is 1. The first-order chi connectivity index (χ1) is 12.7. The molecule has 2 aliphatic heterocycles. The van der Waals surface area contributed by atoms with Crippen LogP contribution in [-0.2, 0) is 4.79 Å². The van der Waals surface area contributed by atoms with Gasteiger partial charge in [-0.3, -0.25) is 9.69 Å². The Bertz CT molecular complexity index is 594. The molecule has 2 fully saturated rings. The summed E-state index contributed by atoms with van der Waals surface area (Å²) in [7, 11) is 1.66. The number of carbonyl (C=O) groups excluding carboxylic acids is 1. The molecule has 0 spiro atoms. The summed E-state index contributed by atoms with van der Waals surface area (Å²) in [6, 6.07) is 8.13. The second-order valence-electron chi connectivity index (χ2n) is 7.27. The van der Waals surface area contributed by atoms with E-state index in [1.165, 1.54) is 0 Å². The lowest BCUT2D eigenvalue weighted by molar-refractivity contribution is -0.138. The van der Waals surface area contributed by atoms with E-state index in [2.05, 4.69) is 22.0 Å². The van der Waals surface area contributed by atoms with Crippen molar-refractivity contribution < 1.29 is 14.3 Å². The summed E-state index contributed by atoms with van der Waals surface area (Å²) < 4.78 is 11.0. The average Bonchev–Trinajstić information content (AvgIpc) is 2.68. The molecule has 1 amide bonds. The largest absolute Gasteiger partial charge is 0.497 e. The summed E-state index contributed by atoms with van der Waals surface area (Å²) in [6.45, 7) is 8.16. The molecule has 2 aliphatic rings. The van der Waals surface area contributed by atoms with Gasteiger partial charge in [0.2, 0.25) is 5.91 Å². The molecule has 3 rings (SSSR count). The van der Waals surface area contributed by atoms with Crippen LogP contribution in [0.5, 0.6) is 11.5 Å². The van der Waals surface area contributed by atoms with E-state index in [1.54, 1.807) is 7.11 Å². The van der Waals surface area contributed by atoms with E-state index in [4.69, 9.17) is 9.47 Å². The molecule has 2 heterocycles. The maximum Gasteiger partial charge on any atom is 0.225 e. The molecule has 1 aromatic carbocycles. The summed E-state index contributed by atoms with van der Waals surface area (Å²) in [6.07, 6.45) is 1.94. The number of hydrogen-bond donors (Lipinski definition) is 1. The van der Waals surface area contributed by atoms with Crippen LogP contribution in [0.25, 0.3) is 0 Å². The van der Waals surface area contributed by atoms with Crippen LogP contribution in [0.1, 0.15) is 19.8 Å². The number of methoxy groups -OCH3 is 1. The minimum atomic E-state index is 0. The molecular weight excluding hydrogens is 366 g/mol. The minimum absolute atomic E-state index is 0. The van der Waals surface area contributed by atoms with Crippen molar-refractivity contribution in [1.82, 2.24) is 15.1 Å². The van der Waals surface area contributed by atoms with Crippen molar-refractivity contribution >= 4 is 18.3 Å². The van der Waals surface area contributed by atoms with Crippen LogP contribution in [0.15, 0.2) is 24.3 Å². The Morgan fingerprint density at radius 2 is 1.96 bits per heavy atom. The van der Waals surface area contributed by atoms with Gasteiger partial charge in [0.25, 0.3) is 0 Å². The molecule has 1 aromatic rings. The number of hydrogen-bond acceptors (Lipinski definition) is 5. The van der Waals surface area contributed by atoms with Gasteiger partial charge in [-0.15, -0.1) is 12.4 Å². The number of nitrogens with one attached hydrogen (secondary N) is 1. The van der Waals surface area contributed by atoms with Gasteiger partial charge in [0.15, 0.2) is 0 Å². The third kappa shape index (κ3) is 6.26. The maximum atomic E-state index is 12.7. The second kappa shape index (κ2) is 10.7. The molecule has 0 aliphatic carbocycles. The lowest BCUT2D eigenvalue weighted by atomic mass is 9.92. The lowest BCUT2D eigenvalue weighted by Crippen LogP contribution is -2.52. The van der Waals surface area contributed by atoms with E-state index in [1.807, 2.05) is 24.3 Å². The number of halogens is 1. The first-order valence-electron chi connectivity index (χ1n) is 9.67. The van der Waals surface area contributed by atoms with Crippen molar-refractivity contribution in [2.24, 2.45) is 5.92 Å². The smallest absolute Gasteiger partial charge is 0.225 e. The summed E-state index contributed by atoms with van der Waals surface area (Å²) >= 11 is 0. The van der Waals surface area contributed by atoms with E-state index in [9.17, 15) is 4.79 Å². The first-order valence-corrected chi connectivity index (χ1v) is 9.67. The highest BCUT2D eigenvalue weighted by atomic mass is 35.5. The molecule has 152 valence electrons. The van der Waals surface area contributed by atoms with Crippen LogP contribution in [0.4, 0.5) is 0 Å². The molecule has 0 bridgehead atoms. The highest BCUT2D eigenvalue weighted by Gasteiger charge is 2.30. The first kappa shape index (κ1) is 21.8. The summed E-state index contributed by atoms with van der Waals surface area (Å²) in [4.78, 5) is 17.1. The van der Waals surface area contributed by atoms with Crippen molar-refractivity contribution in [3.63, 3.8) is 0 Å². The van der Waals surface area contributed by atoms with Crippen molar-refractivity contribution in [3.8, 4) is 11.5 Å². The number of nitrogens with zero attached hydrogens (tertiary/aromatic N) is 2. The number of ether oxygens (including phenoxy) is 2. The molecular formula is C20H32ClN3O3. The van der Waals surface area contributed by atoms with Gasteiger partial charge in [0.1, 0.15) is 18.1 Å². The van der Waals surface area contributed by atoms with Crippen molar-refractivity contribution in [2.75, 3.05) is 53.0 Å². The minimum Gasteiger partial charge on any atom is -0.497 e. The predicted octanol–water partition coefficient (Wildman–Crippen LogP) is 2.03. The standard InChI is InChI=1S/C20H31N3O3.ClH/c1-16-14-17(6-7-21-16)20(24)23-10-8-22(9-11-23)12-13-26-19-5-3-4-18(15-19)25-2;/h3-5,15-17,21H,6-14H2,1-2H3;1H/t16-,17-;/m0./s1. The van der Waals surface area contributed by atoms with Crippen molar-refractivity contribution in [3.05, 3.63) is 24.3 Å². The van der Waals surface area contributed by atoms with E-state index in [0.717, 1.165) is 63.6 Å². The average molecular weight is 398 g/mol. The fourth-order valence-electron chi connectivity index (χ4n) is 3.79.